The third-order valence-electron chi connectivity index (χ3n) is 2.35. The number of rotatable bonds is 3. The lowest BCUT2D eigenvalue weighted by molar-refractivity contribution is -0.384. The predicted octanol–water partition coefficient (Wildman–Crippen LogP) is 2.19. The number of nitro groups is 1. The molecule has 19 heavy (non-hydrogen) atoms. The van der Waals surface area contributed by atoms with Crippen LogP contribution in [-0.4, -0.2) is 9.91 Å². The predicted molar refractivity (Wildman–Crippen MR) is 69.7 cm³/mol. The number of hydrogen-bond acceptors (Lipinski definition) is 6. The summed E-state index contributed by atoms with van der Waals surface area (Å²) in [6, 6.07) is 11.2. The molecule has 7 nitrogen and oxygen atoms in total. The van der Waals surface area contributed by atoms with Crippen LogP contribution in [-0.2, 0) is 0 Å². The Morgan fingerprint density at radius 3 is 2.79 bits per heavy atom. The molecule has 1 aromatic carbocycles. The molecule has 0 saturated carbocycles. The fourth-order valence-electron chi connectivity index (χ4n) is 1.53. The van der Waals surface area contributed by atoms with E-state index >= 15 is 0 Å². The van der Waals surface area contributed by atoms with Gasteiger partial charge < -0.3 is 11.1 Å². The van der Waals surface area contributed by atoms with Crippen LogP contribution in [0.4, 0.5) is 23.0 Å². The Morgan fingerprint density at radius 2 is 2.11 bits per heavy atom. The van der Waals surface area contributed by atoms with Gasteiger partial charge in [-0.05, 0) is 12.1 Å². The van der Waals surface area contributed by atoms with Crippen molar-refractivity contribution < 1.29 is 4.92 Å². The molecule has 0 saturated heterocycles. The molecule has 3 N–H and O–H groups in total. The number of aromatic nitrogens is 1. The number of para-hydroxylation sites is 1. The zero-order valence-electron chi connectivity index (χ0n) is 9.70. The first-order valence-electron chi connectivity index (χ1n) is 5.28. The van der Waals surface area contributed by atoms with Crippen molar-refractivity contribution in [2.75, 3.05) is 11.1 Å². The van der Waals surface area contributed by atoms with Crippen molar-refractivity contribution in [1.82, 2.24) is 4.98 Å². The fraction of sp³-hybridized carbons (Fsp3) is 0. The summed E-state index contributed by atoms with van der Waals surface area (Å²) in [7, 11) is 0. The van der Waals surface area contributed by atoms with Crippen LogP contribution in [0.25, 0.3) is 0 Å². The van der Waals surface area contributed by atoms with Gasteiger partial charge >= 0.3 is 0 Å². The average molecular weight is 255 g/mol. The number of nitrogen functional groups attached to an aromatic ring is 1. The minimum Gasteiger partial charge on any atom is -0.383 e. The normalized spacial score (nSPS) is 9.63. The quantitative estimate of drug-likeness (QED) is 0.641. The van der Waals surface area contributed by atoms with Crippen molar-refractivity contribution in [3.05, 3.63) is 52.1 Å². The van der Waals surface area contributed by atoms with E-state index in [1.165, 1.54) is 12.1 Å². The Kier molecular flexibility index (Phi) is 3.25. The lowest BCUT2D eigenvalue weighted by Crippen LogP contribution is -2.00. The zero-order valence-corrected chi connectivity index (χ0v) is 9.70. The summed E-state index contributed by atoms with van der Waals surface area (Å²) in [6.45, 7) is 0. The summed E-state index contributed by atoms with van der Waals surface area (Å²) in [4.78, 5) is 14.1. The number of pyridine rings is 1. The van der Waals surface area contributed by atoms with E-state index in [2.05, 4.69) is 10.3 Å². The molecule has 0 radical (unpaired) electrons. The molecule has 2 rings (SSSR count). The van der Waals surface area contributed by atoms with Crippen molar-refractivity contribution in [2.45, 2.75) is 0 Å². The van der Waals surface area contributed by atoms with Crippen molar-refractivity contribution in [3.8, 4) is 6.07 Å². The molecule has 0 aliphatic carbocycles. The van der Waals surface area contributed by atoms with E-state index in [-0.39, 0.29) is 17.3 Å². The van der Waals surface area contributed by atoms with Gasteiger partial charge in [-0.25, -0.2) is 4.98 Å². The first-order valence-corrected chi connectivity index (χ1v) is 5.28. The maximum Gasteiger partial charge on any atom is 0.276 e. The van der Waals surface area contributed by atoms with E-state index in [0.29, 0.717) is 11.3 Å². The van der Waals surface area contributed by atoms with E-state index in [0.717, 1.165) is 0 Å². The zero-order chi connectivity index (χ0) is 13.8. The van der Waals surface area contributed by atoms with Crippen LogP contribution < -0.4 is 11.1 Å². The van der Waals surface area contributed by atoms with Crippen LogP contribution in [0, 0.1) is 21.4 Å². The highest BCUT2D eigenvalue weighted by atomic mass is 16.6. The van der Waals surface area contributed by atoms with Crippen LogP contribution in [0.1, 0.15) is 5.56 Å². The van der Waals surface area contributed by atoms with E-state index in [1.54, 1.807) is 24.3 Å². The lowest BCUT2D eigenvalue weighted by atomic mass is 10.2. The van der Waals surface area contributed by atoms with Gasteiger partial charge in [0.25, 0.3) is 5.69 Å². The highest BCUT2D eigenvalue weighted by Gasteiger charge is 2.10. The molecule has 0 bridgehead atoms. The highest BCUT2D eigenvalue weighted by Crippen LogP contribution is 2.23. The molecule has 94 valence electrons. The molecular weight excluding hydrogens is 246 g/mol. The smallest absolute Gasteiger partial charge is 0.276 e. The molecular formula is C12H9N5O2. The van der Waals surface area contributed by atoms with Crippen LogP contribution >= 0.6 is 0 Å². The third kappa shape index (κ3) is 2.76. The van der Waals surface area contributed by atoms with E-state index < -0.39 is 4.92 Å². The summed E-state index contributed by atoms with van der Waals surface area (Å²) in [5, 5.41) is 22.5. The minimum absolute atomic E-state index is 0.0335. The van der Waals surface area contributed by atoms with Crippen LogP contribution in [0.2, 0.25) is 0 Å². The SMILES string of the molecule is N#Cc1ccccc1Nc1cc([N+](=O)[O-])cc(N)n1. The molecule has 0 aliphatic heterocycles. The lowest BCUT2D eigenvalue weighted by Gasteiger charge is -2.07. The van der Waals surface area contributed by atoms with Gasteiger partial charge in [-0.3, -0.25) is 10.1 Å². The third-order valence-corrected chi connectivity index (χ3v) is 2.35. The number of nitrogens with two attached hydrogens (primary N) is 1. The van der Waals surface area contributed by atoms with Gasteiger partial charge in [-0.15, -0.1) is 0 Å². The first-order chi connectivity index (χ1) is 9.10. The standard InChI is InChI=1S/C12H9N5O2/c13-7-8-3-1-2-4-10(8)15-12-6-9(17(18)19)5-11(14)16-12/h1-6H,(H3,14,15,16). The van der Waals surface area contributed by atoms with E-state index in [9.17, 15) is 10.1 Å². The van der Waals surface area contributed by atoms with Gasteiger partial charge in [0.2, 0.25) is 0 Å². The summed E-state index contributed by atoms with van der Waals surface area (Å²) in [6.07, 6.45) is 0. The molecule has 7 heteroatoms. The number of hydrogen-bond donors (Lipinski definition) is 2. The molecule has 0 unspecified atom stereocenters. The Balaban J connectivity index is 2.39. The molecule has 0 atom stereocenters. The summed E-state index contributed by atoms with van der Waals surface area (Å²) >= 11 is 0. The molecule has 0 amide bonds. The topological polar surface area (TPSA) is 118 Å². The van der Waals surface area contributed by atoms with E-state index in [1.807, 2.05) is 6.07 Å². The second-order valence-corrected chi connectivity index (χ2v) is 3.67. The van der Waals surface area contributed by atoms with Crippen molar-refractivity contribution in [2.24, 2.45) is 0 Å². The van der Waals surface area contributed by atoms with Gasteiger partial charge in [0.15, 0.2) is 0 Å². The average Bonchev–Trinajstić information content (AvgIpc) is 2.38. The van der Waals surface area contributed by atoms with Gasteiger partial charge in [-0.1, -0.05) is 12.1 Å². The molecule has 2 aromatic rings. The summed E-state index contributed by atoms with van der Waals surface area (Å²) in [5.74, 6) is 0.250. The molecule has 1 heterocycles. The Bertz CT molecular complexity index is 678. The monoisotopic (exact) mass is 255 g/mol. The van der Waals surface area contributed by atoms with Crippen LogP contribution in [0.3, 0.4) is 0 Å². The van der Waals surface area contributed by atoms with Crippen LogP contribution in [0.5, 0.6) is 0 Å². The van der Waals surface area contributed by atoms with Crippen molar-refractivity contribution in [1.29, 1.82) is 5.26 Å². The highest BCUT2D eigenvalue weighted by molar-refractivity contribution is 5.66. The minimum atomic E-state index is -0.556. The van der Waals surface area contributed by atoms with E-state index in [4.69, 9.17) is 11.0 Å². The van der Waals surface area contributed by atoms with Gasteiger partial charge in [0.05, 0.1) is 28.3 Å². The maximum absolute atomic E-state index is 10.7. The fourth-order valence-corrected chi connectivity index (χ4v) is 1.53. The Morgan fingerprint density at radius 1 is 1.37 bits per heavy atom. The summed E-state index contributed by atoms with van der Waals surface area (Å²) < 4.78 is 0. The number of benzene rings is 1. The molecule has 0 fully saturated rings. The number of nitrogens with zero attached hydrogens (tertiary/aromatic N) is 3. The Hall–Kier alpha value is -3.14. The molecule has 1 aromatic heterocycles. The molecule has 0 spiro atoms. The molecule has 0 aliphatic rings. The van der Waals surface area contributed by atoms with Crippen LogP contribution in [0.15, 0.2) is 36.4 Å². The second-order valence-electron chi connectivity index (χ2n) is 3.67. The number of anilines is 3. The first kappa shape index (κ1) is 12.3. The number of nitrogens with one attached hydrogen (secondary N) is 1. The largest absolute Gasteiger partial charge is 0.383 e. The Labute approximate surface area is 108 Å². The van der Waals surface area contributed by atoms with Gasteiger partial charge in [0.1, 0.15) is 17.7 Å². The van der Waals surface area contributed by atoms with Crippen molar-refractivity contribution >= 4 is 23.0 Å². The summed E-state index contributed by atoms with van der Waals surface area (Å²) in [5.41, 5.74) is 6.26. The van der Waals surface area contributed by atoms with Crippen molar-refractivity contribution in [3.63, 3.8) is 0 Å². The van der Waals surface area contributed by atoms with Gasteiger partial charge in [-0.2, -0.15) is 5.26 Å². The number of nitriles is 1. The maximum atomic E-state index is 10.7. The van der Waals surface area contributed by atoms with Gasteiger partial charge in [0, 0.05) is 0 Å². The second kappa shape index (κ2) is 5.01.